The number of carbonyl (C=O) groups excluding carboxylic acids is 4. The predicted molar refractivity (Wildman–Crippen MR) is 118 cm³/mol. The summed E-state index contributed by atoms with van der Waals surface area (Å²) in [5.41, 5.74) is 3.23. The zero-order valence-corrected chi connectivity index (χ0v) is 18.8. The molecule has 3 rings (SSSR count). The Morgan fingerprint density at radius 1 is 1.03 bits per heavy atom. The van der Waals surface area contributed by atoms with E-state index in [0.717, 1.165) is 17.7 Å². The van der Waals surface area contributed by atoms with Crippen molar-refractivity contribution < 1.29 is 28.7 Å². The van der Waals surface area contributed by atoms with Crippen molar-refractivity contribution >= 4 is 29.3 Å². The molecule has 32 heavy (non-hydrogen) atoms. The molecule has 0 radical (unpaired) electrons. The molecule has 1 N–H and O–H groups in total. The topological polar surface area (TPSA) is 106 Å². The van der Waals surface area contributed by atoms with E-state index in [1.807, 2.05) is 24.3 Å². The van der Waals surface area contributed by atoms with Crippen molar-refractivity contribution in [1.29, 1.82) is 0 Å². The van der Waals surface area contributed by atoms with Gasteiger partial charge in [0.15, 0.2) is 6.61 Å². The van der Waals surface area contributed by atoms with E-state index in [2.05, 4.69) is 11.9 Å². The lowest BCUT2D eigenvalue weighted by molar-refractivity contribution is -0.147. The first-order chi connectivity index (χ1) is 15.3. The Balaban J connectivity index is 1.64. The molecule has 0 spiro atoms. The molecular formula is C24H28N2O6. The van der Waals surface area contributed by atoms with Crippen LogP contribution < -0.4 is 4.90 Å². The summed E-state index contributed by atoms with van der Waals surface area (Å²) in [7, 11) is 0. The van der Waals surface area contributed by atoms with Crippen LogP contribution >= 0.6 is 0 Å². The summed E-state index contributed by atoms with van der Waals surface area (Å²) in [6.45, 7) is 6.94. The van der Waals surface area contributed by atoms with Gasteiger partial charge in [0.1, 0.15) is 0 Å². The number of hydrogen-bond donors (Lipinski definition) is 1. The molecule has 0 aliphatic carbocycles. The minimum Gasteiger partial charge on any atom is -0.462 e. The largest absolute Gasteiger partial charge is 0.462 e. The first kappa shape index (κ1) is 23.2. The summed E-state index contributed by atoms with van der Waals surface area (Å²) in [4.78, 5) is 54.5. The van der Waals surface area contributed by atoms with E-state index >= 15 is 0 Å². The number of rotatable bonds is 8. The molecule has 1 aliphatic rings. The third kappa shape index (κ3) is 4.74. The van der Waals surface area contributed by atoms with Gasteiger partial charge in [-0.15, -0.1) is 0 Å². The number of aromatic nitrogens is 1. The van der Waals surface area contributed by atoms with Gasteiger partial charge in [-0.25, -0.2) is 4.79 Å². The van der Waals surface area contributed by atoms with Crippen LogP contribution in [-0.2, 0) is 25.5 Å². The molecule has 8 nitrogen and oxygen atoms in total. The molecule has 1 aliphatic heterocycles. The third-order valence-electron chi connectivity index (χ3n) is 5.59. The van der Waals surface area contributed by atoms with Crippen molar-refractivity contribution in [2.45, 2.75) is 40.5 Å². The van der Waals surface area contributed by atoms with Crippen LogP contribution in [0.25, 0.3) is 0 Å². The highest BCUT2D eigenvalue weighted by Gasteiger charge is 2.36. The lowest BCUT2D eigenvalue weighted by Gasteiger charge is -2.17. The molecule has 1 aromatic heterocycles. The van der Waals surface area contributed by atoms with Gasteiger partial charge in [0, 0.05) is 30.0 Å². The van der Waals surface area contributed by atoms with Crippen molar-refractivity contribution in [1.82, 2.24) is 4.98 Å². The van der Waals surface area contributed by atoms with Crippen LogP contribution in [0.15, 0.2) is 24.3 Å². The van der Waals surface area contributed by atoms with E-state index in [1.165, 1.54) is 0 Å². The van der Waals surface area contributed by atoms with Gasteiger partial charge in [0.2, 0.25) is 11.7 Å². The fourth-order valence-corrected chi connectivity index (χ4v) is 3.94. The van der Waals surface area contributed by atoms with Gasteiger partial charge in [0.05, 0.1) is 23.7 Å². The zero-order chi connectivity index (χ0) is 23.4. The molecule has 0 unspecified atom stereocenters. The maximum absolute atomic E-state index is 12.8. The van der Waals surface area contributed by atoms with E-state index in [0.29, 0.717) is 11.4 Å². The molecular weight excluding hydrogens is 412 g/mol. The summed E-state index contributed by atoms with van der Waals surface area (Å²) in [6.07, 6.45) is 0.925. The molecule has 1 saturated heterocycles. The number of Topliss-reactive ketones (excluding diaryl/α,β-unsaturated/α-hetero) is 1. The minimum absolute atomic E-state index is 0.0267. The maximum atomic E-state index is 12.8. The Morgan fingerprint density at radius 2 is 1.69 bits per heavy atom. The molecule has 8 heteroatoms. The average molecular weight is 440 g/mol. The molecule has 1 atom stereocenters. The number of esters is 2. The third-order valence-corrected chi connectivity index (χ3v) is 5.59. The van der Waals surface area contributed by atoms with Gasteiger partial charge in [-0.2, -0.15) is 0 Å². The number of nitrogens with one attached hydrogen (secondary N) is 1. The minimum atomic E-state index is -0.653. The summed E-state index contributed by atoms with van der Waals surface area (Å²) >= 11 is 0. The van der Waals surface area contributed by atoms with Crippen LogP contribution in [0, 0.1) is 19.8 Å². The summed E-state index contributed by atoms with van der Waals surface area (Å²) in [5.74, 6) is -2.53. The smallest absolute Gasteiger partial charge is 0.340 e. The van der Waals surface area contributed by atoms with Crippen molar-refractivity contribution in [2.24, 2.45) is 5.92 Å². The van der Waals surface area contributed by atoms with Crippen molar-refractivity contribution in [2.75, 3.05) is 24.7 Å². The lowest BCUT2D eigenvalue weighted by atomic mass is 10.0. The van der Waals surface area contributed by atoms with E-state index in [-0.39, 0.29) is 36.6 Å². The molecule has 0 saturated carbocycles. The Labute approximate surface area is 186 Å². The molecule has 170 valence electrons. The number of aromatic amines is 1. The fraction of sp³-hybridized carbons (Fsp3) is 0.417. The molecule has 2 aromatic rings. The van der Waals surface area contributed by atoms with E-state index in [4.69, 9.17) is 9.47 Å². The van der Waals surface area contributed by atoms with Gasteiger partial charge in [0.25, 0.3) is 0 Å². The Morgan fingerprint density at radius 3 is 2.31 bits per heavy atom. The monoisotopic (exact) mass is 440 g/mol. The molecule has 0 bridgehead atoms. The van der Waals surface area contributed by atoms with Crippen LogP contribution in [0.5, 0.6) is 0 Å². The number of aryl methyl sites for hydroxylation is 3. The second-order valence-corrected chi connectivity index (χ2v) is 7.80. The number of nitrogens with zero attached hydrogens (tertiary/aromatic N) is 1. The lowest BCUT2D eigenvalue weighted by Crippen LogP contribution is -2.27. The van der Waals surface area contributed by atoms with Gasteiger partial charge < -0.3 is 19.4 Å². The van der Waals surface area contributed by atoms with Crippen molar-refractivity contribution in [3.05, 3.63) is 52.3 Å². The highest BCUT2D eigenvalue weighted by atomic mass is 16.5. The van der Waals surface area contributed by atoms with Gasteiger partial charge in [-0.05, 0) is 44.9 Å². The van der Waals surface area contributed by atoms with E-state index in [9.17, 15) is 19.2 Å². The summed E-state index contributed by atoms with van der Waals surface area (Å²) in [5, 5.41) is 0. The highest BCUT2D eigenvalue weighted by Crippen LogP contribution is 2.27. The fourth-order valence-electron chi connectivity index (χ4n) is 3.94. The quantitative estimate of drug-likeness (QED) is 0.499. The summed E-state index contributed by atoms with van der Waals surface area (Å²) in [6, 6.07) is 7.63. The molecule has 1 amide bonds. The Hall–Kier alpha value is -3.42. The number of amides is 1. The number of hydrogen-bond acceptors (Lipinski definition) is 6. The second-order valence-electron chi connectivity index (χ2n) is 7.80. The number of carbonyl (C=O) groups is 4. The van der Waals surface area contributed by atoms with Crippen LogP contribution in [0.1, 0.15) is 57.9 Å². The number of H-pyrrole nitrogens is 1. The molecule has 2 heterocycles. The molecule has 1 aromatic carbocycles. The van der Waals surface area contributed by atoms with Crippen LogP contribution in [-0.4, -0.2) is 48.4 Å². The van der Waals surface area contributed by atoms with Crippen molar-refractivity contribution in [3.8, 4) is 0 Å². The standard InChI is InChI=1S/C24H28N2O6/c1-5-16-7-9-18(10-8-16)26-12-17(11-20(26)28)23(29)32-13-19(27)21-14(3)25-15(4)22(21)24(30)31-6-2/h7-10,17,25H,5-6,11-13H2,1-4H3/t17-/m1/s1. The number of ether oxygens (including phenoxy) is 2. The van der Waals surface area contributed by atoms with Gasteiger partial charge in [-0.3, -0.25) is 14.4 Å². The maximum Gasteiger partial charge on any atom is 0.340 e. The Bertz CT molecular complexity index is 1040. The number of anilines is 1. The number of ketones is 1. The summed E-state index contributed by atoms with van der Waals surface area (Å²) < 4.78 is 10.3. The Kier molecular flexibility index (Phi) is 7.12. The van der Waals surface area contributed by atoms with Crippen LogP contribution in [0.2, 0.25) is 0 Å². The van der Waals surface area contributed by atoms with Gasteiger partial charge in [-0.1, -0.05) is 19.1 Å². The first-order valence-electron chi connectivity index (χ1n) is 10.7. The zero-order valence-electron chi connectivity index (χ0n) is 18.8. The first-order valence-corrected chi connectivity index (χ1v) is 10.7. The normalized spacial score (nSPS) is 15.7. The molecule has 1 fully saturated rings. The van der Waals surface area contributed by atoms with E-state index < -0.39 is 30.2 Å². The van der Waals surface area contributed by atoms with Gasteiger partial charge >= 0.3 is 11.9 Å². The average Bonchev–Trinajstić information content (AvgIpc) is 3.30. The second kappa shape index (κ2) is 9.80. The van der Waals surface area contributed by atoms with Crippen molar-refractivity contribution in [3.63, 3.8) is 0 Å². The number of benzene rings is 1. The highest BCUT2D eigenvalue weighted by molar-refractivity contribution is 6.09. The SMILES string of the molecule is CCOC(=O)c1c(C)[nH]c(C)c1C(=O)COC(=O)[C@@H]1CC(=O)N(c2ccc(CC)cc2)C1. The van der Waals surface area contributed by atoms with E-state index in [1.54, 1.807) is 25.7 Å². The predicted octanol–water partition coefficient (Wildman–Crippen LogP) is 3.15. The van der Waals surface area contributed by atoms with Crippen LogP contribution in [0.4, 0.5) is 5.69 Å². The van der Waals surface area contributed by atoms with Crippen LogP contribution in [0.3, 0.4) is 0 Å².